The van der Waals surface area contributed by atoms with Gasteiger partial charge in [0.15, 0.2) is 5.78 Å². The first kappa shape index (κ1) is 22.6. The second kappa shape index (κ2) is 9.79. The number of esters is 1. The van der Waals surface area contributed by atoms with Gasteiger partial charge in [0.2, 0.25) is 5.91 Å². The molecule has 0 saturated carbocycles. The largest absolute Gasteiger partial charge is 0.471 e. The number of carbonyl (C=O) groups is 4. The second-order valence-corrected chi connectivity index (χ2v) is 5.90. The molecule has 0 spiro atoms. The third-order valence-corrected chi connectivity index (χ3v) is 3.68. The predicted molar refractivity (Wildman–Crippen MR) is 85.3 cm³/mol. The second-order valence-electron chi connectivity index (χ2n) is 5.13. The molecule has 0 saturated heterocycles. The molecule has 0 aliphatic carbocycles. The van der Waals surface area contributed by atoms with Crippen LogP contribution in [0.2, 0.25) is 0 Å². The molecule has 0 rings (SSSR count). The molecule has 0 bridgehead atoms. The molecule has 0 fully saturated rings. The number of rotatable bonds is 8. The lowest BCUT2D eigenvalue weighted by Crippen LogP contribution is -2.56. The number of hydrogen-bond acceptors (Lipinski definition) is 5. The Kier molecular flexibility index (Phi) is 9.22. The van der Waals surface area contributed by atoms with Crippen molar-refractivity contribution in [1.82, 2.24) is 10.6 Å². The van der Waals surface area contributed by atoms with Gasteiger partial charge in [0.05, 0.1) is 24.0 Å². The maximum atomic E-state index is 12.3. The highest BCUT2D eigenvalue weighted by molar-refractivity contribution is 14.1. The maximum absolute atomic E-state index is 12.3. The highest BCUT2D eigenvalue weighted by Crippen LogP contribution is 2.16. The van der Waals surface area contributed by atoms with Gasteiger partial charge in [-0.15, -0.1) is 0 Å². The van der Waals surface area contributed by atoms with Gasteiger partial charge in [0.25, 0.3) is 0 Å². The number of ketones is 1. The predicted octanol–water partition coefficient (Wildman–Crippen LogP) is 0.741. The molecular weight excluding hydrogens is 448 g/mol. The SMILES string of the molecule is COC(=O)CC(NC(=O)C(NC(=O)C(F)(F)F)C(C)C)C(=O)CI. The molecule has 0 heterocycles. The highest BCUT2D eigenvalue weighted by atomic mass is 127. The molecule has 2 unspecified atom stereocenters. The topological polar surface area (TPSA) is 102 Å². The summed E-state index contributed by atoms with van der Waals surface area (Å²) in [5.74, 6) is -5.20. The Morgan fingerprint density at radius 1 is 1.12 bits per heavy atom. The van der Waals surface area contributed by atoms with Crippen molar-refractivity contribution < 1.29 is 37.1 Å². The standard InChI is InChI=1S/C13H18F3IN2O5/c1-6(2)10(19-12(23)13(14,15)16)11(22)18-7(8(20)5-17)4-9(21)24-3/h6-7,10H,4-5H2,1-3H3,(H,18,22)(H,19,23). The first-order valence-corrected chi connectivity index (χ1v) is 8.30. The number of nitrogens with one attached hydrogen (secondary N) is 2. The fourth-order valence-corrected chi connectivity index (χ4v) is 2.14. The zero-order valence-electron chi connectivity index (χ0n) is 13.2. The number of amides is 2. The first-order valence-electron chi connectivity index (χ1n) is 6.77. The Bertz CT molecular complexity index is 496. The molecule has 0 aliphatic heterocycles. The summed E-state index contributed by atoms with van der Waals surface area (Å²) in [5.41, 5.74) is 0. The monoisotopic (exact) mass is 466 g/mol. The van der Waals surface area contributed by atoms with Gasteiger partial charge in [0, 0.05) is 0 Å². The summed E-state index contributed by atoms with van der Waals surface area (Å²) in [4.78, 5) is 46.2. The highest BCUT2D eigenvalue weighted by Gasteiger charge is 2.41. The first-order chi connectivity index (χ1) is 10.9. The lowest BCUT2D eigenvalue weighted by molar-refractivity contribution is -0.175. The maximum Gasteiger partial charge on any atom is 0.471 e. The lowest BCUT2D eigenvalue weighted by Gasteiger charge is -2.24. The minimum Gasteiger partial charge on any atom is -0.469 e. The van der Waals surface area contributed by atoms with Gasteiger partial charge >= 0.3 is 18.1 Å². The van der Waals surface area contributed by atoms with Crippen LogP contribution in [0.4, 0.5) is 13.2 Å². The number of hydrogen-bond donors (Lipinski definition) is 2. The normalized spacial score (nSPS) is 13.8. The summed E-state index contributed by atoms with van der Waals surface area (Å²) in [6.07, 6.45) is -5.60. The van der Waals surface area contributed by atoms with Crippen LogP contribution in [0.3, 0.4) is 0 Å². The fraction of sp³-hybridized carbons (Fsp3) is 0.692. The Balaban J connectivity index is 5.16. The van der Waals surface area contributed by atoms with Gasteiger partial charge in [-0.05, 0) is 5.92 Å². The van der Waals surface area contributed by atoms with Gasteiger partial charge in [-0.3, -0.25) is 19.2 Å². The van der Waals surface area contributed by atoms with E-state index in [0.29, 0.717) is 0 Å². The number of alkyl halides is 4. The minimum atomic E-state index is -5.14. The molecule has 0 aromatic heterocycles. The third-order valence-electron chi connectivity index (χ3n) is 2.93. The molecule has 11 heteroatoms. The average Bonchev–Trinajstić information content (AvgIpc) is 2.48. The molecule has 2 amide bonds. The van der Waals surface area contributed by atoms with E-state index in [2.05, 4.69) is 10.1 Å². The van der Waals surface area contributed by atoms with Crippen LogP contribution in [0, 0.1) is 5.92 Å². The van der Waals surface area contributed by atoms with Gasteiger partial charge in [-0.1, -0.05) is 36.4 Å². The van der Waals surface area contributed by atoms with Crippen molar-refractivity contribution in [2.75, 3.05) is 11.5 Å². The molecule has 0 aromatic carbocycles. The Labute approximate surface area is 150 Å². The summed E-state index contributed by atoms with van der Waals surface area (Å²) in [5, 5.41) is 3.78. The van der Waals surface area contributed by atoms with E-state index in [4.69, 9.17) is 0 Å². The van der Waals surface area contributed by atoms with Gasteiger partial charge in [0.1, 0.15) is 6.04 Å². The van der Waals surface area contributed by atoms with Crippen LogP contribution >= 0.6 is 22.6 Å². The van der Waals surface area contributed by atoms with E-state index < -0.39 is 54.2 Å². The van der Waals surface area contributed by atoms with Gasteiger partial charge < -0.3 is 15.4 Å². The fourth-order valence-electron chi connectivity index (χ4n) is 1.61. The van der Waals surface area contributed by atoms with Crippen molar-refractivity contribution in [3.63, 3.8) is 0 Å². The van der Waals surface area contributed by atoms with Crippen molar-refractivity contribution in [1.29, 1.82) is 0 Å². The summed E-state index contributed by atoms with van der Waals surface area (Å²) >= 11 is 1.72. The molecule has 0 aromatic rings. The molecule has 24 heavy (non-hydrogen) atoms. The molecule has 2 atom stereocenters. The molecule has 7 nitrogen and oxygen atoms in total. The summed E-state index contributed by atoms with van der Waals surface area (Å²) in [6, 6.07) is -2.76. The van der Waals surface area contributed by atoms with Crippen molar-refractivity contribution in [2.24, 2.45) is 5.92 Å². The summed E-state index contributed by atoms with van der Waals surface area (Å²) in [7, 11) is 1.09. The molecule has 138 valence electrons. The number of methoxy groups -OCH3 is 1. The van der Waals surface area contributed by atoms with Crippen molar-refractivity contribution in [3.8, 4) is 0 Å². The van der Waals surface area contributed by atoms with E-state index in [0.717, 1.165) is 7.11 Å². The van der Waals surface area contributed by atoms with Crippen molar-refractivity contribution in [3.05, 3.63) is 0 Å². The Morgan fingerprint density at radius 2 is 1.67 bits per heavy atom. The summed E-state index contributed by atoms with van der Waals surface area (Å²) in [6.45, 7) is 2.85. The van der Waals surface area contributed by atoms with Crippen LogP contribution in [-0.4, -0.2) is 53.4 Å². The van der Waals surface area contributed by atoms with Crippen LogP contribution in [-0.2, 0) is 23.9 Å². The van der Waals surface area contributed by atoms with Crippen LogP contribution in [0.1, 0.15) is 20.3 Å². The average molecular weight is 466 g/mol. The molecule has 0 radical (unpaired) electrons. The minimum absolute atomic E-state index is 0.0268. The number of ether oxygens (including phenoxy) is 1. The van der Waals surface area contributed by atoms with Crippen LogP contribution in [0.25, 0.3) is 0 Å². The smallest absolute Gasteiger partial charge is 0.469 e. The van der Waals surface area contributed by atoms with E-state index in [1.807, 2.05) is 0 Å². The van der Waals surface area contributed by atoms with E-state index in [1.54, 1.807) is 27.9 Å². The molecule has 2 N–H and O–H groups in total. The Hall–Kier alpha value is -1.40. The number of carbonyl (C=O) groups excluding carboxylic acids is 4. The number of halogens is 4. The quantitative estimate of drug-likeness (QED) is 0.312. The van der Waals surface area contributed by atoms with E-state index in [9.17, 15) is 32.3 Å². The lowest BCUT2D eigenvalue weighted by atomic mass is 10.0. The number of Topliss-reactive ketones (excluding diaryl/α,β-unsaturated/α-hetero) is 1. The van der Waals surface area contributed by atoms with Crippen molar-refractivity contribution >= 4 is 46.2 Å². The van der Waals surface area contributed by atoms with E-state index in [1.165, 1.54) is 13.8 Å². The molecular formula is C13H18F3IN2O5. The van der Waals surface area contributed by atoms with Crippen molar-refractivity contribution in [2.45, 2.75) is 38.5 Å². The zero-order chi connectivity index (χ0) is 19.1. The van der Waals surface area contributed by atoms with E-state index in [-0.39, 0.29) is 4.43 Å². The van der Waals surface area contributed by atoms with Crippen LogP contribution in [0.5, 0.6) is 0 Å². The van der Waals surface area contributed by atoms with Crippen LogP contribution in [0.15, 0.2) is 0 Å². The van der Waals surface area contributed by atoms with Gasteiger partial charge in [-0.2, -0.15) is 13.2 Å². The zero-order valence-corrected chi connectivity index (χ0v) is 15.4. The molecule has 0 aliphatic rings. The summed E-state index contributed by atoms with van der Waals surface area (Å²) < 4.78 is 41.4. The van der Waals surface area contributed by atoms with Gasteiger partial charge in [-0.25, -0.2) is 0 Å². The third kappa shape index (κ3) is 7.45. The van der Waals surface area contributed by atoms with Crippen LogP contribution < -0.4 is 10.6 Å². The van der Waals surface area contributed by atoms with E-state index >= 15 is 0 Å². The Morgan fingerprint density at radius 3 is 2.04 bits per heavy atom.